The van der Waals surface area contributed by atoms with Crippen molar-refractivity contribution in [3.63, 3.8) is 0 Å². The van der Waals surface area contributed by atoms with Crippen molar-refractivity contribution in [3.05, 3.63) is 83.9 Å². The second-order valence-corrected chi connectivity index (χ2v) is 6.78. The third kappa shape index (κ3) is 4.11. The molecular formula is C24H19FN2O5. The number of methoxy groups -OCH3 is 2. The van der Waals surface area contributed by atoms with Gasteiger partial charge in [-0.05, 0) is 48.5 Å². The maximum absolute atomic E-state index is 13.2. The lowest BCUT2D eigenvalue weighted by Gasteiger charge is -2.12. The number of ether oxygens (including phenoxy) is 2. The first-order chi connectivity index (χ1) is 15.5. The van der Waals surface area contributed by atoms with Gasteiger partial charge in [0.2, 0.25) is 5.76 Å². The van der Waals surface area contributed by atoms with Crippen molar-refractivity contribution < 1.29 is 27.9 Å². The van der Waals surface area contributed by atoms with Gasteiger partial charge in [0.15, 0.2) is 0 Å². The number of para-hydroxylation sites is 1. The molecule has 2 amide bonds. The Labute approximate surface area is 182 Å². The number of anilines is 2. The Morgan fingerprint density at radius 3 is 2.34 bits per heavy atom. The number of fused-ring (bicyclic) bond motifs is 1. The van der Waals surface area contributed by atoms with Gasteiger partial charge in [0, 0.05) is 17.0 Å². The normalized spacial score (nSPS) is 10.6. The Morgan fingerprint density at radius 1 is 0.875 bits per heavy atom. The van der Waals surface area contributed by atoms with E-state index in [0.717, 1.165) is 0 Å². The number of rotatable bonds is 6. The van der Waals surface area contributed by atoms with Gasteiger partial charge in [-0.1, -0.05) is 12.1 Å². The molecule has 32 heavy (non-hydrogen) atoms. The molecule has 162 valence electrons. The summed E-state index contributed by atoms with van der Waals surface area (Å²) in [4.78, 5) is 25.9. The molecular weight excluding hydrogens is 415 g/mol. The number of carbonyl (C=O) groups excluding carboxylic acids is 2. The van der Waals surface area contributed by atoms with Crippen molar-refractivity contribution in [2.75, 3.05) is 24.9 Å². The van der Waals surface area contributed by atoms with Gasteiger partial charge < -0.3 is 24.5 Å². The smallest absolute Gasteiger partial charge is 0.293 e. The van der Waals surface area contributed by atoms with Crippen molar-refractivity contribution in [3.8, 4) is 11.5 Å². The van der Waals surface area contributed by atoms with Crippen LogP contribution in [0.3, 0.4) is 0 Å². The molecule has 4 aromatic rings. The molecule has 8 heteroatoms. The third-order valence-electron chi connectivity index (χ3n) is 4.80. The molecule has 2 N–H and O–H groups in total. The molecule has 0 bridgehead atoms. The Kier molecular flexibility index (Phi) is 5.76. The summed E-state index contributed by atoms with van der Waals surface area (Å²) in [5, 5.41) is 6.00. The molecule has 3 aromatic carbocycles. The van der Waals surface area contributed by atoms with Crippen LogP contribution < -0.4 is 20.1 Å². The van der Waals surface area contributed by atoms with E-state index in [1.54, 1.807) is 42.5 Å². The number of hydrogen-bond acceptors (Lipinski definition) is 5. The molecule has 0 spiro atoms. The fourth-order valence-electron chi connectivity index (χ4n) is 3.21. The van der Waals surface area contributed by atoms with E-state index in [1.165, 1.54) is 38.5 Å². The summed E-state index contributed by atoms with van der Waals surface area (Å²) in [6, 6.07) is 17.0. The molecule has 0 aliphatic heterocycles. The number of nitrogens with one attached hydrogen (secondary N) is 2. The van der Waals surface area contributed by atoms with Gasteiger partial charge in [-0.25, -0.2) is 4.39 Å². The van der Waals surface area contributed by atoms with Crippen LogP contribution in [-0.2, 0) is 0 Å². The molecule has 7 nitrogen and oxygen atoms in total. The van der Waals surface area contributed by atoms with E-state index >= 15 is 0 Å². The van der Waals surface area contributed by atoms with Crippen LogP contribution in [0.1, 0.15) is 20.9 Å². The SMILES string of the molecule is COc1ccc(OC)c(NC(=O)c2oc3ccccc3c2NC(=O)c2ccc(F)cc2)c1. The van der Waals surface area contributed by atoms with E-state index in [9.17, 15) is 14.0 Å². The van der Waals surface area contributed by atoms with Crippen LogP contribution in [0.4, 0.5) is 15.8 Å². The summed E-state index contributed by atoms with van der Waals surface area (Å²) < 4.78 is 29.5. The Balaban J connectivity index is 1.70. The number of benzene rings is 3. The van der Waals surface area contributed by atoms with E-state index < -0.39 is 17.6 Å². The Morgan fingerprint density at radius 2 is 1.62 bits per heavy atom. The molecule has 0 aliphatic rings. The predicted octanol–water partition coefficient (Wildman–Crippen LogP) is 5.09. The van der Waals surface area contributed by atoms with E-state index in [0.29, 0.717) is 28.2 Å². The lowest BCUT2D eigenvalue weighted by Crippen LogP contribution is -2.17. The molecule has 1 heterocycles. The fraction of sp³-hybridized carbons (Fsp3) is 0.0833. The summed E-state index contributed by atoms with van der Waals surface area (Å²) in [5.74, 6) is -0.705. The Hall–Kier alpha value is -4.33. The predicted molar refractivity (Wildman–Crippen MR) is 118 cm³/mol. The van der Waals surface area contributed by atoms with E-state index in [2.05, 4.69) is 10.6 Å². The van der Waals surface area contributed by atoms with Crippen LogP contribution in [0.5, 0.6) is 11.5 Å². The highest BCUT2D eigenvalue weighted by molar-refractivity contribution is 6.17. The van der Waals surface area contributed by atoms with Gasteiger partial charge >= 0.3 is 0 Å². The number of amides is 2. The second kappa shape index (κ2) is 8.81. The van der Waals surface area contributed by atoms with Gasteiger partial charge in [-0.2, -0.15) is 0 Å². The molecule has 0 aliphatic carbocycles. The maximum Gasteiger partial charge on any atom is 0.293 e. The third-order valence-corrected chi connectivity index (χ3v) is 4.80. The lowest BCUT2D eigenvalue weighted by molar-refractivity contribution is 0.0999. The van der Waals surface area contributed by atoms with Gasteiger partial charge in [-0.15, -0.1) is 0 Å². The first kappa shape index (κ1) is 20.9. The standard InChI is InChI=1S/C24H19FN2O5/c1-30-16-11-12-20(31-2)18(13-16)26-24(29)22-21(17-5-3-4-6-19(17)32-22)27-23(28)14-7-9-15(25)10-8-14/h3-13H,1-2H3,(H,26,29)(H,27,28). The minimum Gasteiger partial charge on any atom is -0.497 e. The van der Waals surface area contributed by atoms with Gasteiger partial charge in [0.1, 0.15) is 28.6 Å². The van der Waals surface area contributed by atoms with Crippen LogP contribution >= 0.6 is 0 Å². The molecule has 1 aromatic heterocycles. The average Bonchev–Trinajstić information content (AvgIpc) is 3.18. The molecule has 0 fully saturated rings. The highest BCUT2D eigenvalue weighted by Gasteiger charge is 2.24. The number of halogens is 1. The van der Waals surface area contributed by atoms with Crippen molar-refractivity contribution >= 4 is 34.2 Å². The molecule has 0 radical (unpaired) electrons. The van der Waals surface area contributed by atoms with Crippen LogP contribution in [0.15, 0.2) is 71.1 Å². The molecule has 4 rings (SSSR count). The van der Waals surface area contributed by atoms with Gasteiger partial charge in [-0.3, -0.25) is 9.59 Å². The summed E-state index contributed by atoms with van der Waals surface area (Å²) >= 11 is 0. The average molecular weight is 434 g/mol. The fourth-order valence-corrected chi connectivity index (χ4v) is 3.21. The molecule has 0 atom stereocenters. The van der Waals surface area contributed by atoms with Crippen molar-refractivity contribution in [2.24, 2.45) is 0 Å². The highest BCUT2D eigenvalue weighted by Crippen LogP contribution is 2.34. The lowest BCUT2D eigenvalue weighted by atomic mass is 10.1. The minimum atomic E-state index is -0.595. The summed E-state index contributed by atoms with van der Waals surface area (Å²) in [5.41, 5.74) is 1.23. The Bertz CT molecular complexity index is 1300. The molecule has 0 saturated heterocycles. The molecule has 0 unspecified atom stereocenters. The van der Waals surface area contributed by atoms with E-state index in [-0.39, 0.29) is 17.0 Å². The first-order valence-electron chi connectivity index (χ1n) is 9.62. The van der Waals surface area contributed by atoms with Crippen molar-refractivity contribution in [2.45, 2.75) is 0 Å². The van der Waals surface area contributed by atoms with Crippen LogP contribution in [0.25, 0.3) is 11.0 Å². The monoisotopic (exact) mass is 434 g/mol. The van der Waals surface area contributed by atoms with Crippen LogP contribution in [-0.4, -0.2) is 26.0 Å². The minimum absolute atomic E-state index is 0.0912. The van der Waals surface area contributed by atoms with Crippen LogP contribution in [0, 0.1) is 5.82 Å². The zero-order valence-electron chi connectivity index (χ0n) is 17.3. The zero-order chi connectivity index (χ0) is 22.7. The summed E-state index contributed by atoms with van der Waals surface area (Å²) in [6.45, 7) is 0. The number of carbonyl (C=O) groups is 2. The summed E-state index contributed by atoms with van der Waals surface area (Å²) in [7, 11) is 2.99. The highest BCUT2D eigenvalue weighted by atomic mass is 19.1. The van der Waals surface area contributed by atoms with E-state index in [1.807, 2.05) is 0 Å². The zero-order valence-corrected chi connectivity index (χ0v) is 17.3. The van der Waals surface area contributed by atoms with Crippen molar-refractivity contribution in [1.82, 2.24) is 0 Å². The molecule has 0 saturated carbocycles. The van der Waals surface area contributed by atoms with Gasteiger partial charge in [0.25, 0.3) is 11.8 Å². The largest absolute Gasteiger partial charge is 0.497 e. The first-order valence-corrected chi connectivity index (χ1v) is 9.62. The number of hydrogen-bond donors (Lipinski definition) is 2. The quantitative estimate of drug-likeness (QED) is 0.441. The summed E-state index contributed by atoms with van der Waals surface area (Å²) in [6.07, 6.45) is 0. The number of furan rings is 1. The maximum atomic E-state index is 13.2. The van der Waals surface area contributed by atoms with Crippen LogP contribution in [0.2, 0.25) is 0 Å². The van der Waals surface area contributed by atoms with E-state index in [4.69, 9.17) is 13.9 Å². The van der Waals surface area contributed by atoms with Gasteiger partial charge in [0.05, 0.1) is 19.9 Å². The second-order valence-electron chi connectivity index (χ2n) is 6.78. The van der Waals surface area contributed by atoms with Crippen molar-refractivity contribution in [1.29, 1.82) is 0 Å². The topological polar surface area (TPSA) is 89.8 Å².